The van der Waals surface area contributed by atoms with Crippen molar-refractivity contribution in [2.75, 3.05) is 18.5 Å². The molecule has 4 heterocycles. The van der Waals surface area contributed by atoms with E-state index in [1.807, 2.05) is 46.1 Å². The van der Waals surface area contributed by atoms with Crippen LogP contribution in [0.2, 0.25) is 0 Å². The van der Waals surface area contributed by atoms with E-state index in [1.54, 1.807) is 28.5 Å². The van der Waals surface area contributed by atoms with Gasteiger partial charge in [-0.2, -0.15) is 5.10 Å². The standard InChI is InChI=1S/C24H21FN6O2S.C2H6/c1-13(16-9-32-10-16)33-20-6-14(15-7-29-31(2)8-15)5-19-21(20)24(27-11-26-19)30-17-3-4-18-23(22(17)25)34-12-28-18;1-2/h3-8,11-13,16H,9-10H2,1-2H3,(H,26,27,30);1-2H3. The molecule has 1 unspecified atom stereocenters. The fraction of sp³-hybridized carbons (Fsp3) is 0.308. The topological polar surface area (TPSA) is 87.0 Å². The third-order valence-electron chi connectivity index (χ3n) is 6.07. The third kappa shape index (κ3) is 4.49. The number of nitrogens with one attached hydrogen (secondary N) is 1. The largest absolute Gasteiger partial charge is 0.489 e. The minimum Gasteiger partial charge on any atom is -0.489 e. The number of anilines is 2. The maximum Gasteiger partial charge on any atom is 0.166 e. The molecule has 1 aliphatic heterocycles. The van der Waals surface area contributed by atoms with Crippen molar-refractivity contribution in [1.29, 1.82) is 0 Å². The average molecular weight is 507 g/mol. The van der Waals surface area contributed by atoms with E-state index in [0.29, 0.717) is 57.5 Å². The van der Waals surface area contributed by atoms with Gasteiger partial charge < -0.3 is 14.8 Å². The van der Waals surface area contributed by atoms with Crippen molar-refractivity contribution in [2.45, 2.75) is 26.9 Å². The first-order valence-corrected chi connectivity index (χ1v) is 12.8. The summed E-state index contributed by atoms with van der Waals surface area (Å²) in [5.41, 5.74) is 5.14. The van der Waals surface area contributed by atoms with Gasteiger partial charge in [-0.05, 0) is 36.8 Å². The smallest absolute Gasteiger partial charge is 0.166 e. The van der Waals surface area contributed by atoms with Gasteiger partial charge in [-0.3, -0.25) is 4.68 Å². The van der Waals surface area contributed by atoms with E-state index >= 15 is 4.39 Å². The first-order valence-electron chi connectivity index (χ1n) is 11.9. The lowest BCUT2D eigenvalue weighted by atomic mass is 10.0. The van der Waals surface area contributed by atoms with Crippen LogP contribution >= 0.6 is 11.3 Å². The Balaban J connectivity index is 0.00000130. The molecule has 10 heteroatoms. The van der Waals surface area contributed by atoms with E-state index < -0.39 is 0 Å². The third-order valence-corrected chi connectivity index (χ3v) is 6.91. The second-order valence-electron chi connectivity index (χ2n) is 8.37. The van der Waals surface area contributed by atoms with E-state index in [-0.39, 0.29) is 11.9 Å². The number of thiazole rings is 1. The molecule has 2 aromatic carbocycles. The molecule has 8 nitrogen and oxygen atoms in total. The fourth-order valence-corrected chi connectivity index (χ4v) is 4.75. The molecule has 1 fully saturated rings. The minimum absolute atomic E-state index is 0.0700. The van der Waals surface area contributed by atoms with Crippen LogP contribution in [0.5, 0.6) is 5.75 Å². The zero-order valence-corrected chi connectivity index (χ0v) is 21.3. The van der Waals surface area contributed by atoms with Crippen LogP contribution in [0.1, 0.15) is 20.8 Å². The molecule has 186 valence electrons. The summed E-state index contributed by atoms with van der Waals surface area (Å²) < 4.78 is 29.2. The van der Waals surface area contributed by atoms with Crippen LogP contribution in [-0.2, 0) is 11.8 Å². The van der Waals surface area contributed by atoms with Gasteiger partial charge in [0, 0.05) is 24.7 Å². The Labute approximate surface area is 212 Å². The number of nitrogens with zero attached hydrogens (tertiary/aromatic N) is 5. The molecule has 6 rings (SSSR count). The van der Waals surface area contributed by atoms with Crippen molar-refractivity contribution >= 4 is 44.0 Å². The van der Waals surface area contributed by atoms with Crippen LogP contribution < -0.4 is 10.1 Å². The van der Waals surface area contributed by atoms with Crippen LogP contribution in [0.3, 0.4) is 0 Å². The summed E-state index contributed by atoms with van der Waals surface area (Å²) in [6.07, 6.45) is 5.13. The maximum atomic E-state index is 15.2. The molecule has 0 amide bonds. The number of hydrogen-bond donors (Lipinski definition) is 1. The highest BCUT2D eigenvalue weighted by Gasteiger charge is 2.28. The van der Waals surface area contributed by atoms with Gasteiger partial charge in [-0.25, -0.2) is 19.3 Å². The first kappa shape index (κ1) is 24.1. The molecule has 3 aromatic heterocycles. The van der Waals surface area contributed by atoms with Gasteiger partial charge in [0.1, 0.15) is 24.0 Å². The van der Waals surface area contributed by atoms with Gasteiger partial charge in [-0.15, -0.1) is 11.3 Å². The van der Waals surface area contributed by atoms with Gasteiger partial charge in [0.2, 0.25) is 0 Å². The molecule has 0 spiro atoms. The van der Waals surface area contributed by atoms with Crippen molar-refractivity contribution < 1.29 is 13.9 Å². The fourth-order valence-electron chi connectivity index (χ4n) is 4.02. The van der Waals surface area contributed by atoms with Gasteiger partial charge in [-0.1, -0.05) is 13.8 Å². The summed E-state index contributed by atoms with van der Waals surface area (Å²) in [5, 5.41) is 8.14. The Morgan fingerprint density at radius 3 is 2.69 bits per heavy atom. The lowest BCUT2D eigenvalue weighted by Gasteiger charge is -2.32. The highest BCUT2D eigenvalue weighted by molar-refractivity contribution is 7.16. The second-order valence-corrected chi connectivity index (χ2v) is 9.22. The predicted molar refractivity (Wildman–Crippen MR) is 140 cm³/mol. The maximum absolute atomic E-state index is 15.2. The average Bonchev–Trinajstić information content (AvgIpc) is 3.50. The lowest BCUT2D eigenvalue weighted by Crippen LogP contribution is -2.39. The highest BCUT2D eigenvalue weighted by atomic mass is 32.1. The van der Waals surface area contributed by atoms with E-state index in [1.165, 1.54) is 17.7 Å². The predicted octanol–water partition coefficient (Wildman–Crippen LogP) is 5.96. The number of fused-ring (bicyclic) bond motifs is 2. The lowest BCUT2D eigenvalue weighted by molar-refractivity contribution is -0.0773. The molecule has 0 aliphatic carbocycles. The summed E-state index contributed by atoms with van der Waals surface area (Å²) in [4.78, 5) is 13.1. The van der Waals surface area contributed by atoms with Crippen molar-refractivity contribution in [3.05, 3.63) is 54.3 Å². The second kappa shape index (κ2) is 10.2. The van der Waals surface area contributed by atoms with Gasteiger partial charge in [0.15, 0.2) is 5.82 Å². The number of halogens is 1. The minimum atomic E-state index is -0.360. The zero-order chi connectivity index (χ0) is 25.2. The van der Waals surface area contributed by atoms with Crippen LogP contribution in [0.4, 0.5) is 15.9 Å². The SMILES string of the molecule is CC.CC(Oc1cc(-c2cnn(C)c2)cc2ncnc(Nc3ccc4ncsc4c3F)c12)C1COC1. The normalized spacial score (nSPS) is 14.2. The first-order chi connectivity index (χ1) is 17.6. The number of rotatable bonds is 6. The molecule has 1 atom stereocenters. The Bertz CT molecular complexity index is 1510. The van der Waals surface area contributed by atoms with Gasteiger partial charge >= 0.3 is 0 Å². The van der Waals surface area contributed by atoms with Crippen molar-refractivity contribution in [1.82, 2.24) is 24.7 Å². The molecule has 0 saturated carbocycles. The molecule has 1 N–H and O–H groups in total. The molecule has 36 heavy (non-hydrogen) atoms. The molecular weight excluding hydrogens is 479 g/mol. The summed E-state index contributed by atoms with van der Waals surface area (Å²) in [6, 6.07) is 7.39. The van der Waals surface area contributed by atoms with E-state index in [4.69, 9.17) is 9.47 Å². The van der Waals surface area contributed by atoms with E-state index in [0.717, 1.165) is 11.1 Å². The Morgan fingerprint density at radius 1 is 1.14 bits per heavy atom. The quantitative estimate of drug-likeness (QED) is 0.304. The number of benzene rings is 2. The molecule has 0 radical (unpaired) electrons. The molecule has 1 aliphatic rings. The number of aryl methyl sites for hydroxylation is 1. The van der Waals surface area contributed by atoms with Crippen LogP contribution in [0, 0.1) is 11.7 Å². The van der Waals surface area contributed by atoms with Gasteiger partial charge in [0.25, 0.3) is 0 Å². The van der Waals surface area contributed by atoms with Crippen molar-refractivity contribution in [2.24, 2.45) is 13.0 Å². The van der Waals surface area contributed by atoms with Crippen LogP contribution in [0.25, 0.3) is 32.2 Å². The van der Waals surface area contributed by atoms with Crippen molar-refractivity contribution in [3.8, 4) is 16.9 Å². The van der Waals surface area contributed by atoms with E-state index in [2.05, 4.69) is 25.4 Å². The summed E-state index contributed by atoms with van der Waals surface area (Å²) in [6.45, 7) is 7.37. The zero-order valence-electron chi connectivity index (χ0n) is 20.5. The molecular formula is C26H27FN6O2S. The number of ether oxygens (including phenoxy) is 2. The molecule has 1 saturated heterocycles. The molecule has 5 aromatic rings. The summed E-state index contributed by atoms with van der Waals surface area (Å²) in [7, 11) is 1.87. The summed E-state index contributed by atoms with van der Waals surface area (Å²) >= 11 is 1.26. The van der Waals surface area contributed by atoms with Crippen LogP contribution in [-0.4, -0.2) is 44.1 Å². The Kier molecular flexibility index (Phi) is 6.80. The molecule has 0 bridgehead atoms. The Morgan fingerprint density at radius 2 is 1.97 bits per heavy atom. The Hall–Kier alpha value is -3.63. The highest BCUT2D eigenvalue weighted by Crippen LogP contribution is 2.38. The van der Waals surface area contributed by atoms with Gasteiger partial charge in [0.05, 0.1) is 51.7 Å². The van der Waals surface area contributed by atoms with Crippen molar-refractivity contribution in [3.63, 3.8) is 0 Å². The monoisotopic (exact) mass is 506 g/mol. The number of aromatic nitrogens is 5. The number of hydrogen-bond acceptors (Lipinski definition) is 8. The van der Waals surface area contributed by atoms with E-state index in [9.17, 15) is 0 Å². The summed E-state index contributed by atoms with van der Waals surface area (Å²) in [5.74, 6) is 1.04. The van der Waals surface area contributed by atoms with Crippen LogP contribution in [0.15, 0.2) is 48.5 Å².